The van der Waals surface area contributed by atoms with E-state index < -0.39 is 7.92 Å². The lowest BCUT2D eigenvalue weighted by molar-refractivity contribution is -0.140. The summed E-state index contributed by atoms with van der Waals surface area (Å²) in [5.41, 5.74) is 0. The van der Waals surface area contributed by atoms with Gasteiger partial charge in [-0.25, -0.2) is 0 Å². The zero-order valence-corrected chi connectivity index (χ0v) is 17.4. The van der Waals surface area contributed by atoms with Crippen molar-refractivity contribution in [2.75, 3.05) is 13.7 Å². The second-order valence-electron chi connectivity index (χ2n) is 6.93. The molecule has 3 nitrogen and oxygen atoms in total. The number of ether oxygens (including phenoxy) is 1. The molecule has 0 spiro atoms. The van der Waals surface area contributed by atoms with Gasteiger partial charge in [0.2, 0.25) is 0 Å². The number of rotatable bonds is 9. The molecule has 0 radical (unpaired) electrons. The first kappa shape index (κ1) is 20.5. The molecule has 3 rings (SSSR count). The van der Waals surface area contributed by atoms with Crippen LogP contribution in [0.15, 0.2) is 84.2 Å². The zero-order chi connectivity index (χ0) is 19.8. The number of allylic oxidation sites excluding steroid dienone is 2. The van der Waals surface area contributed by atoms with E-state index in [2.05, 4.69) is 91.1 Å². The third-order valence-electron chi connectivity index (χ3n) is 5.00. The number of carbonyl (C=O) groups excluding carboxylic acids is 1. The first-order chi connectivity index (χ1) is 13.7. The number of hydrogen-bond donors (Lipinski definition) is 1. The molecule has 0 saturated carbocycles. The minimum atomic E-state index is -0.571. The van der Waals surface area contributed by atoms with Crippen LogP contribution in [0.2, 0.25) is 0 Å². The van der Waals surface area contributed by atoms with Crippen molar-refractivity contribution in [1.29, 1.82) is 0 Å². The van der Waals surface area contributed by atoms with Gasteiger partial charge in [0.15, 0.2) is 0 Å². The van der Waals surface area contributed by atoms with Gasteiger partial charge in [-0.3, -0.25) is 4.79 Å². The van der Waals surface area contributed by atoms with Crippen molar-refractivity contribution in [1.82, 2.24) is 5.32 Å². The third kappa shape index (κ3) is 5.19. The Morgan fingerprint density at radius 1 is 1.07 bits per heavy atom. The maximum absolute atomic E-state index is 11.3. The quantitative estimate of drug-likeness (QED) is 0.396. The van der Waals surface area contributed by atoms with Crippen LogP contribution in [0.1, 0.15) is 19.8 Å². The van der Waals surface area contributed by atoms with E-state index in [1.54, 1.807) is 0 Å². The number of esters is 1. The predicted molar refractivity (Wildman–Crippen MR) is 118 cm³/mol. The number of nitrogens with one attached hydrogen (secondary N) is 1. The summed E-state index contributed by atoms with van der Waals surface area (Å²) in [6.07, 6.45) is 8.03. The van der Waals surface area contributed by atoms with Crippen LogP contribution in [0.4, 0.5) is 0 Å². The fourth-order valence-corrected chi connectivity index (χ4v) is 6.20. The van der Waals surface area contributed by atoms with Crippen molar-refractivity contribution < 1.29 is 9.53 Å². The van der Waals surface area contributed by atoms with Gasteiger partial charge < -0.3 is 10.1 Å². The van der Waals surface area contributed by atoms with Crippen molar-refractivity contribution in [3.05, 3.63) is 84.2 Å². The van der Waals surface area contributed by atoms with Crippen LogP contribution in [-0.4, -0.2) is 25.7 Å². The molecule has 4 heteroatoms. The van der Waals surface area contributed by atoms with E-state index in [1.165, 1.54) is 23.0 Å². The van der Waals surface area contributed by atoms with Gasteiger partial charge in [0.1, 0.15) is 0 Å². The summed E-state index contributed by atoms with van der Waals surface area (Å²) < 4.78 is 4.72. The maximum Gasteiger partial charge on any atom is 0.305 e. The number of hydrogen-bond acceptors (Lipinski definition) is 3. The Morgan fingerprint density at radius 2 is 1.68 bits per heavy atom. The minimum absolute atomic E-state index is 0.146. The maximum atomic E-state index is 11.3. The molecule has 0 aliphatic heterocycles. The molecule has 2 aromatic carbocycles. The Kier molecular flexibility index (Phi) is 7.59. The summed E-state index contributed by atoms with van der Waals surface area (Å²) in [6.45, 7) is 3.04. The highest BCUT2D eigenvalue weighted by Crippen LogP contribution is 2.49. The molecule has 28 heavy (non-hydrogen) atoms. The van der Waals surface area contributed by atoms with E-state index in [0.29, 0.717) is 18.4 Å². The molecule has 2 aromatic rings. The third-order valence-corrected chi connectivity index (χ3v) is 7.60. The summed E-state index contributed by atoms with van der Waals surface area (Å²) in [7, 11) is 0.868. The van der Waals surface area contributed by atoms with Gasteiger partial charge in [-0.05, 0) is 43.7 Å². The monoisotopic (exact) mass is 393 g/mol. The van der Waals surface area contributed by atoms with Crippen molar-refractivity contribution in [2.24, 2.45) is 5.92 Å². The Morgan fingerprint density at radius 3 is 2.25 bits per heavy atom. The molecular weight excluding hydrogens is 365 g/mol. The molecular formula is C24H28NO2P. The number of benzene rings is 2. The van der Waals surface area contributed by atoms with E-state index in [9.17, 15) is 4.79 Å². The van der Waals surface area contributed by atoms with E-state index >= 15 is 0 Å². The van der Waals surface area contributed by atoms with Gasteiger partial charge in [-0.15, -0.1) is 0 Å². The Balaban J connectivity index is 1.74. The van der Waals surface area contributed by atoms with Gasteiger partial charge in [0, 0.05) is 18.4 Å². The molecule has 1 aliphatic rings. The normalized spacial score (nSPS) is 16.8. The average molecular weight is 393 g/mol. The van der Waals surface area contributed by atoms with Crippen LogP contribution < -0.4 is 15.9 Å². The van der Waals surface area contributed by atoms with Crippen LogP contribution in [0.5, 0.6) is 0 Å². The van der Waals surface area contributed by atoms with E-state index in [1.807, 2.05) is 0 Å². The van der Waals surface area contributed by atoms with E-state index in [0.717, 1.165) is 13.0 Å². The van der Waals surface area contributed by atoms with Gasteiger partial charge >= 0.3 is 5.97 Å². The second-order valence-corrected chi connectivity index (χ2v) is 9.15. The lowest BCUT2D eigenvalue weighted by Gasteiger charge is -2.29. The molecule has 0 aromatic heterocycles. The van der Waals surface area contributed by atoms with Crippen molar-refractivity contribution in [2.45, 2.75) is 25.8 Å². The Labute approximate surface area is 169 Å². The Bertz CT molecular complexity index is 778. The topological polar surface area (TPSA) is 38.3 Å². The first-order valence-electron chi connectivity index (χ1n) is 9.79. The standard InChI is InChI=1S/C24H28NO2P/c1-19(25-18-10-17-24(26)27-2)22-15-9-16-23(22)28(20-11-5-3-6-12-20)21-13-7-4-8-14-21/h3-9,11-16,19,22,25H,10,17-18H2,1-2H3. The highest BCUT2D eigenvalue weighted by atomic mass is 31.1. The summed E-state index contributed by atoms with van der Waals surface area (Å²) >= 11 is 0. The second kappa shape index (κ2) is 10.4. The Hall–Kier alpha value is -2.22. The fraction of sp³-hybridized carbons (Fsp3) is 0.292. The van der Waals surface area contributed by atoms with Crippen LogP contribution >= 0.6 is 7.92 Å². The molecule has 146 valence electrons. The van der Waals surface area contributed by atoms with Gasteiger partial charge in [0.25, 0.3) is 0 Å². The largest absolute Gasteiger partial charge is 0.469 e. The van der Waals surface area contributed by atoms with Crippen molar-refractivity contribution in [3.63, 3.8) is 0 Å². The molecule has 1 N–H and O–H groups in total. The van der Waals surface area contributed by atoms with Gasteiger partial charge in [-0.1, -0.05) is 78.9 Å². The molecule has 0 fully saturated rings. The molecule has 0 heterocycles. The van der Waals surface area contributed by atoms with Crippen molar-refractivity contribution >= 4 is 24.5 Å². The van der Waals surface area contributed by atoms with Gasteiger partial charge in [-0.2, -0.15) is 0 Å². The van der Waals surface area contributed by atoms with Crippen molar-refractivity contribution in [3.8, 4) is 0 Å². The SMILES string of the molecule is COC(=O)CCCNC(C)C1C=CC=C1P(c1ccccc1)c1ccccc1. The fourth-order valence-electron chi connectivity index (χ4n) is 3.52. The van der Waals surface area contributed by atoms with E-state index in [-0.39, 0.29) is 5.97 Å². The van der Waals surface area contributed by atoms with Crippen LogP contribution in [-0.2, 0) is 9.53 Å². The molecule has 0 amide bonds. The summed E-state index contributed by atoms with van der Waals surface area (Å²) in [4.78, 5) is 11.3. The number of carbonyl (C=O) groups is 1. The van der Waals surface area contributed by atoms with Crippen LogP contribution in [0, 0.1) is 5.92 Å². The molecule has 0 saturated heterocycles. The smallest absolute Gasteiger partial charge is 0.305 e. The lowest BCUT2D eigenvalue weighted by atomic mass is 10.0. The number of methoxy groups -OCH3 is 1. The molecule has 1 aliphatic carbocycles. The highest BCUT2D eigenvalue weighted by Gasteiger charge is 2.29. The highest BCUT2D eigenvalue weighted by molar-refractivity contribution is 7.76. The molecule has 0 bridgehead atoms. The molecule has 2 atom stereocenters. The first-order valence-corrected chi connectivity index (χ1v) is 11.1. The van der Waals surface area contributed by atoms with Gasteiger partial charge in [0.05, 0.1) is 7.11 Å². The average Bonchev–Trinajstić information content (AvgIpc) is 3.22. The minimum Gasteiger partial charge on any atom is -0.469 e. The summed E-state index contributed by atoms with van der Waals surface area (Å²) in [5.74, 6) is 0.206. The van der Waals surface area contributed by atoms with E-state index in [4.69, 9.17) is 4.74 Å². The molecule has 2 unspecified atom stereocenters. The van der Waals surface area contributed by atoms with Crippen LogP contribution in [0.25, 0.3) is 0 Å². The lowest BCUT2D eigenvalue weighted by Crippen LogP contribution is -2.34. The zero-order valence-electron chi connectivity index (χ0n) is 16.5. The van der Waals surface area contributed by atoms with Crippen LogP contribution in [0.3, 0.4) is 0 Å². The predicted octanol–water partition coefficient (Wildman–Crippen LogP) is 4.12. The summed E-state index contributed by atoms with van der Waals surface area (Å²) in [5, 5.41) is 7.83. The summed E-state index contributed by atoms with van der Waals surface area (Å²) in [6, 6.07) is 21.9.